The third-order valence-corrected chi connectivity index (χ3v) is 8.20. The number of para-hydroxylation sites is 1. The van der Waals surface area contributed by atoms with Crippen molar-refractivity contribution in [2.45, 2.75) is 33.6 Å². The van der Waals surface area contributed by atoms with Crippen molar-refractivity contribution in [1.82, 2.24) is 4.57 Å². The Labute approximate surface area is 280 Å². The highest BCUT2D eigenvalue weighted by atomic mass is 16.3. The van der Waals surface area contributed by atoms with Crippen molar-refractivity contribution in [2.24, 2.45) is 7.05 Å². The van der Waals surface area contributed by atoms with Crippen LogP contribution in [0.4, 0.5) is 5.69 Å². The van der Waals surface area contributed by atoms with E-state index < -0.39 is 0 Å². The predicted molar refractivity (Wildman–Crippen MR) is 204 cm³/mol. The van der Waals surface area contributed by atoms with Gasteiger partial charge < -0.3 is 14.7 Å². The first-order valence-corrected chi connectivity index (χ1v) is 15.9. The summed E-state index contributed by atoms with van der Waals surface area (Å²) in [5.41, 5.74) is 19.1. The molecule has 0 fully saturated rings. The number of hydrogen-bond donors (Lipinski definition) is 2. The Morgan fingerprint density at radius 3 is 2.34 bits per heavy atom. The molecule has 0 saturated heterocycles. The zero-order valence-corrected chi connectivity index (χ0v) is 28.0. The number of nitrogen functional groups attached to an aromatic ring is 1. The van der Waals surface area contributed by atoms with E-state index in [0.717, 1.165) is 52.0 Å². The van der Waals surface area contributed by atoms with E-state index in [1.165, 1.54) is 28.1 Å². The minimum Gasteiger partial charge on any atom is -0.464 e. The Balaban J connectivity index is 0.000000221. The van der Waals surface area contributed by atoms with Crippen molar-refractivity contribution < 1.29 is 4.42 Å². The maximum atomic E-state index is 8.47. The molecule has 0 radical (unpaired) electrons. The summed E-state index contributed by atoms with van der Waals surface area (Å²) in [5.74, 6) is 0.950. The molecule has 4 heteroatoms. The largest absolute Gasteiger partial charge is 0.464 e. The van der Waals surface area contributed by atoms with Crippen molar-refractivity contribution in [3.63, 3.8) is 0 Å². The highest BCUT2D eigenvalue weighted by molar-refractivity contribution is 6.13. The van der Waals surface area contributed by atoms with Crippen LogP contribution in [0, 0.1) is 5.41 Å². The molecule has 2 aromatic carbocycles. The van der Waals surface area contributed by atoms with Gasteiger partial charge in [-0.3, -0.25) is 5.41 Å². The first kappa shape index (κ1) is 34.3. The van der Waals surface area contributed by atoms with Crippen LogP contribution < -0.4 is 5.73 Å². The van der Waals surface area contributed by atoms with Crippen molar-refractivity contribution in [1.29, 1.82) is 5.41 Å². The van der Waals surface area contributed by atoms with Gasteiger partial charge in [-0.1, -0.05) is 124 Å². The molecule has 2 aromatic heterocycles. The first-order valence-electron chi connectivity index (χ1n) is 15.9. The maximum absolute atomic E-state index is 8.47. The summed E-state index contributed by atoms with van der Waals surface area (Å²) in [6.45, 7) is 17.9. The zero-order valence-electron chi connectivity index (χ0n) is 28.0. The second kappa shape index (κ2) is 16.1. The van der Waals surface area contributed by atoms with Crippen LogP contribution in [-0.2, 0) is 19.9 Å². The molecule has 4 nitrogen and oxygen atoms in total. The molecule has 0 aliphatic heterocycles. The number of nitrogens with one attached hydrogen (secondary N) is 1. The normalized spacial score (nSPS) is 12.7. The number of rotatable bonds is 10. The van der Waals surface area contributed by atoms with E-state index in [1.54, 1.807) is 12.3 Å². The highest BCUT2D eigenvalue weighted by Gasteiger charge is 2.23. The van der Waals surface area contributed by atoms with Gasteiger partial charge >= 0.3 is 0 Å². The number of benzene rings is 2. The monoisotopic (exact) mass is 619 g/mol. The van der Waals surface area contributed by atoms with Gasteiger partial charge in [-0.2, -0.15) is 0 Å². The lowest BCUT2D eigenvalue weighted by Crippen LogP contribution is -2.05. The molecule has 0 spiro atoms. The molecule has 3 N–H and O–H groups in total. The Morgan fingerprint density at radius 1 is 1.00 bits per heavy atom. The van der Waals surface area contributed by atoms with Gasteiger partial charge in [0.15, 0.2) is 0 Å². The summed E-state index contributed by atoms with van der Waals surface area (Å²) in [7, 11) is 2.14. The molecule has 0 saturated carbocycles. The highest BCUT2D eigenvalue weighted by Crippen LogP contribution is 2.38. The van der Waals surface area contributed by atoms with Gasteiger partial charge in [-0.05, 0) is 78.3 Å². The predicted octanol–water partition coefficient (Wildman–Crippen LogP) is 10.9. The molecule has 0 amide bonds. The Morgan fingerprint density at radius 2 is 1.70 bits per heavy atom. The van der Waals surface area contributed by atoms with Crippen LogP contribution in [0.25, 0.3) is 29.0 Å². The van der Waals surface area contributed by atoms with E-state index in [1.807, 2.05) is 92.8 Å². The SMILES string of the molecule is C=C/C=C\c1c2c(n(C)c1CC)-c1ccoc1C=CC2.C=CC(=C)C(/C=C\C)=C(\C=C/C)c1ccc(C(=N)c2ccccc2N)cc1. The number of nitrogens with two attached hydrogens (primary N) is 1. The number of hydrogen-bond acceptors (Lipinski definition) is 3. The summed E-state index contributed by atoms with van der Waals surface area (Å²) >= 11 is 0. The van der Waals surface area contributed by atoms with Gasteiger partial charge in [0.2, 0.25) is 0 Å². The molecule has 1 aliphatic carbocycles. The molecule has 47 heavy (non-hydrogen) atoms. The molecular weight excluding hydrogens is 574 g/mol. The molecule has 1 aliphatic rings. The van der Waals surface area contributed by atoms with Crippen LogP contribution in [0.1, 0.15) is 60.0 Å². The van der Waals surface area contributed by atoms with Crippen molar-refractivity contribution in [3.05, 3.63) is 180 Å². The molecule has 4 aromatic rings. The van der Waals surface area contributed by atoms with Crippen LogP contribution in [-0.4, -0.2) is 10.3 Å². The van der Waals surface area contributed by atoms with E-state index in [-0.39, 0.29) is 0 Å². The average molecular weight is 620 g/mol. The van der Waals surface area contributed by atoms with Crippen LogP contribution >= 0.6 is 0 Å². The molecular formula is C43H45N3O. The fourth-order valence-corrected chi connectivity index (χ4v) is 5.94. The maximum Gasteiger partial charge on any atom is 0.135 e. The molecule has 2 heterocycles. The Kier molecular flexibility index (Phi) is 11.7. The number of furan rings is 1. The standard InChI is InChI=1S/C25H26N2.C18H19NO/c1-5-10-21(18(4)7-3)22(11-6-2)19-14-16-20(17-15-19)25(27)23-12-8-9-13-24(23)26;1-4-6-8-13-14-9-7-10-17-15(11-12-20-17)18(14)19(3)16(13)5-2/h5-17,27H,3-4,26H2,1-2H3;4,6-8,10-12H,1,5,9H2,2-3H3/b10-5-,11-6-,22-21+,27-25?;8-6-. The van der Waals surface area contributed by atoms with Gasteiger partial charge in [0.25, 0.3) is 0 Å². The second-order valence-electron chi connectivity index (χ2n) is 11.1. The van der Waals surface area contributed by atoms with Crippen molar-refractivity contribution in [2.75, 3.05) is 5.73 Å². The summed E-state index contributed by atoms with van der Waals surface area (Å²) in [6, 6.07) is 17.5. The molecule has 0 bridgehead atoms. The average Bonchev–Trinajstić information content (AvgIpc) is 3.60. The number of aromatic nitrogens is 1. The lowest BCUT2D eigenvalue weighted by Gasteiger charge is -2.12. The molecule has 238 valence electrons. The van der Waals surface area contributed by atoms with E-state index in [9.17, 15) is 0 Å². The van der Waals surface area contributed by atoms with Gasteiger partial charge in [0.1, 0.15) is 5.76 Å². The lowest BCUT2D eigenvalue weighted by atomic mass is 9.92. The van der Waals surface area contributed by atoms with Crippen LogP contribution in [0.3, 0.4) is 0 Å². The number of allylic oxidation sites excluding steroid dienone is 11. The third kappa shape index (κ3) is 7.45. The summed E-state index contributed by atoms with van der Waals surface area (Å²) in [5, 5.41) is 8.47. The lowest BCUT2D eigenvalue weighted by molar-refractivity contribution is 0.557. The minimum absolute atomic E-state index is 0.417. The van der Waals surface area contributed by atoms with Crippen molar-refractivity contribution >= 4 is 29.1 Å². The summed E-state index contributed by atoms with van der Waals surface area (Å²) < 4.78 is 7.88. The van der Waals surface area contributed by atoms with E-state index in [0.29, 0.717) is 11.4 Å². The first-order chi connectivity index (χ1) is 22.8. The zero-order chi connectivity index (χ0) is 33.9. The smallest absolute Gasteiger partial charge is 0.135 e. The number of fused-ring (bicyclic) bond motifs is 3. The van der Waals surface area contributed by atoms with Crippen LogP contribution in [0.15, 0.2) is 145 Å². The van der Waals surface area contributed by atoms with Crippen LogP contribution in [0.5, 0.6) is 0 Å². The molecule has 0 atom stereocenters. The molecule has 0 unspecified atom stereocenters. The van der Waals surface area contributed by atoms with Gasteiger partial charge in [-0.25, -0.2) is 0 Å². The summed E-state index contributed by atoms with van der Waals surface area (Å²) in [6.07, 6.45) is 23.9. The van der Waals surface area contributed by atoms with Gasteiger partial charge in [0, 0.05) is 35.1 Å². The quantitative estimate of drug-likeness (QED) is 0.105. The van der Waals surface area contributed by atoms with Crippen molar-refractivity contribution in [3.8, 4) is 11.3 Å². The Hall–Kier alpha value is -5.61. The van der Waals surface area contributed by atoms with Gasteiger partial charge in [-0.15, -0.1) is 0 Å². The number of anilines is 1. The number of nitrogens with zero attached hydrogens (tertiary/aromatic N) is 1. The van der Waals surface area contributed by atoms with E-state index in [4.69, 9.17) is 15.6 Å². The minimum atomic E-state index is 0.417. The summed E-state index contributed by atoms with van der Waals surface area (Å²) in [4.78, 5) is 0. The molecule has 5 rings (SSSR count). The topological polar surface area (TPSA) is 67.9 Å². The fourth-order valence-electron chi connectivity index (χ4n) is 5.94. The fraction of sp³-hybridized carbons (Fsp3) is 0.140. The van der Waals surface area contributed by atoms with E-state index >= 15 is 0 Å². The third-order valence-electron chi connectivity index (χ3n) is 8.20. The van der Waals surface area contributed by atoms with Crippen LogP contribution in [0.2, 0.25) is 0 Å². The van der Waals surface area contributed by atoms with E-state index in [2.05, 4.69) is 68.6 Å². The Bertz CT molecular complexity index is 1930. The van der Waals surface area contributed by atoms with Gasteiger partial charge in [0.05, 0.1) is 17.7 Å². The second-order valence-corrected chi connectivity index (χ2v) is 11.1.